The molecule has 9 heteroatoms. The monoisotopic (exact) mass is 446 g/mol. The largest absolute Gasteiger partial charge is 0.497 e. The van der Waals surface area contributed by atoms with E-state index in [0.717, 1.165) is 16.7 Å². The molecule has 33 heavy (non-hydrogen) atoms. The number of nitrogens with one attached hydrogen (secondary N) is 2. The number of nitrogens with zero attached hydrogens (tertiary/aromatic N) is 2. The second-order valence-electron chi connectivity index (χ2n) is 7.49. The van der Waals surface area contributed by atoms with E-state index in [1.807, 2.05) is 6.07 Å². The second kappa shape index (κ2) is 9.39. The molecule has 3 N–H and O–H groups in total. The lowest BCUT2D eigenvalue weighted by atomic mass is 10.0. The van der Waals surface area contributed by atoms with E-state index in [9.17, 15) is 19.5 Å². The van der Waals surface area contributed by atoms with Crippen molar-refractivity contribution in [1.82, 2.24) is 20.5 Å². The maximum Gasteiger partial charge on any atom is 0.321 e. The van der Waals surface area contributed by atoms with Gasteiger partial charge >= 0.3 is 6.03 Å². The van der Waals surface area contributed by atoms with Crippen molar-refractivity contribution in [2.75, 3.05) is 13.7 Å². The first-order chi connectivity index (χ1) is 16.0. The molecule has 0 unspecified atom stereocenters. The van der Waals surface area contributed by atoms with Crippen molar-refractivity contribution >= 4 is 18.3 Å². The van der Waals surface area contributed by atoms with Crippen LogP contribution in [0.4, 0.5) is 4.79 Å². The highest BCUT2D eigenvalue weighted by molar-refractivity contribution is 5.98. The summed E-state index contributed by atoms with van der Waals surface area (Å²) >= 11 is 0. The number of methoxy groups -OCH3 is 1. The number of pyridine rings is 1. The van der Waals surface area contributed by atoms with Crippen molar-refractivity contribution in [3.05, 3.63) is 77.5 Å². The molecule has 4 rings (SSSR count). The van der Waals surface area contributed by atoms with Gasteiger partial charge in [-0.3, -0.25) is 14.9 Å². The molecule has 0 saturated carbocycles. The molecule has 1 aliphatic heterocycles. The maximum absolute atomic E-state index is 13.0. The van der Waals surface area contributed by atoms with E-state index >= 15 is 0 Å². The van der Waals surface area contributed by atoms with E-state index in [1.54, 1.807) is 60.5 Å². The van der Waals surface area contributed by atoms with Gasteiger partial charge in [0, 0.05) is 30.4 Å². The number of urea groups is 1. The fourth-order valence-electron chi connectivity index (χ4n) is 3.84. The molecular weight excluding hydrogens is 424 g/mol. The summed E-state index contributed by atoms with van der Waals surface area (Å²) in [5, 5.41) is 14.8. The molecule has 168 valence electrons. The van der Waals surface area contributed by atoms with Crippen LogP contribution in [0, 0.1) is 0 Å². The molecule has 2 heterocycles. The lowest BCUT2D eigenvalue weighted by Gasteiger charge is -2.25. The van der Waals surface area contributed by atoms with Crippen LogP contribution in [0.25, 0.3) is 11.1 Å². The van der Waals surface area contributed by atoms with Gasteiger partial charge in [0.15, 0.2) is 0 Å². The first-order valence-corrected chi connectivity index (χ1v) is 10.2. The number of fused-ring (bicyclic) bond motifs is 1. The van der Waals surface area contributed by atoms with Crippen molar-refractivity contribution in [2.45, 2.75) is 12.6 Å². The summed E-state index contributed by atoms with van der Waals surface area (Å²) in [6.45, 7) is 0.590. The smallest absolute Gasteiger partial charge is 0.321 e. The van der Waals surface area contributed by atoms with Crippen molar-refractivity contribution < 1.29 is 24.2 Å². The summed E-state index contributed by atoms with van der Waals surface area (Å²) < 4.78 is 5.22. The van der Waals surface area contributed by atoms with E-state index in [1.165, 1.54) is 6.20 Å². The van der Waals surface area contributed by atoms with Crippen molar-refractivity contribution in [3.63, 3.8) is 0 Å². The SMILES string of the molecule is COc1ccc2c(c1)C(=O)N(C[C@H](NC(=O)NC=O)c1ccc(-c3cccnc3O)cc1)C2. The van der Waals surface area contributed by atoms with E-state index in [0.29, 0.717) is 29.8 Å². The van der Waals surface area contributed by atoms with Crippen molar-refractivity contribution in [3.8, 4) is 22.8 Å². The number of aromatic hydroxyl groups is 1. The third kappa shape index (κ3) is 4.62. The van der Waals surface area contributed by atoms with Crippen LogP contribution in [-0.2, 0) is 11.3 Å². The summed E-state index contributed by atoms with van der Waals surface area (Å²) in [4.78, 5) is 41.3. The zero-order valence-electron chi connectivity index (χ0n) is 17.8. The van der Waals surface area contributed by atoms with Gasteiger partial charge in [-0.25, -0.2) is 9.78 Å². The van der Waals surface area contributed by atoms with Crippen molar-refractivity contribution in [1.29, 1.82) is 0 Å². The number of aromatic nitrogens is 1. The average molecular weight is 446 g/mol. The Labute approximate surface area is 190 Å². The first-order valence-electron chi connectivity index (χ1n) is 10.2. The van der Waals surface area contributed by atoms with Gasteiger partial charge in [-0.1, -0.05) is 30.3 Å². The molecule has 2 aromatic carbocycles. The first kappa shape index (κ1) is 21.8. The molecule has 0 spiro atoms. The Morgan fingerprint density at radius 3 is 2.70 bits per heavy atom. The molecule has 0 aliphatic carbocycles. The predicted octanol–water partition coefficient (Wildman–Crippen LogP) is 2.62. The van der Waals surface area contributed by atoms with Crippen LogP contribution in [0.1, 0.15) is 27.5 Å². The fraction of sp³-hybridized carbons (Fsp3) is 0.167. The Kier molecular flexibility index (Phi) is 6.21. The van der Waals surface area contributed by atoms with Crippen molar-refractivity contribution in [2.24, 2.45) is 0 Å². The molecule has 9 nitrogen and oxygen atoms in total. The summed E-state index contributed by atoms with van der Waals surface area (Å²) in [7, 11) is 1.54. The normalized spacial score (nSPS) is 13.2. The second-order valence-corrected chi connectivity index (χ2v) is 7.49. The van der Waals surface area contributed by atoms with E-state index in [4.69, 9.17) is 4.74 Å². The lowest BCUT2D eigenvalue weighted by molar-refractivity contribution is -0.108. The molecule has 0 bridgehead atoms. The number of hydrogen-bond donors (Lipinski definition) is 3. The number of carbonyl (C=O) groups is 3. The highest BCUT2D eigenvalue weighted by atomic mass is 16.5. The lowest BCUT2D eigenvalue weighted by Crippen LogP contribution is -2.42. The highest BCUT2D eigenvalue weighted by Crippen LogP contribution is 2.30. The average Bonchev–Trinajstić information content (AvgIpc) is 3.13. The van der Waals surface area contributed by atoms with Gasteiger partial charge in [-0.15, -0.1) is 0 Å². The quantitative estimate of drug-likeness (QED) is 0.480. The Hall–Kier alpha value is -4.40. The third-order valence-corrected chi connectivity index (χ3v) is 5.50. The topological polar surface area (TPSA) is 121 Å². The van der Waals surface area contributed by atoms with Gasteiger partial charge in [0.05, 0.1) is 13.2 Å². The molecule has 1 aliphatic rings. The Morgan fingerprint density at radius 1 is 1.21 bits per heavy atom. The molecule has 4 amide bonds. The zero-order chi connectivity index (χ0) is 23.4. The molecule has 0 radical (unpaired) electrons. The van der Waals surface area contributed by atoms with Crippen LogP contribution in [0.15, 0.2) is 60.8 Å². The standard InChI is InChI=1S/C24H22N4O5/c1-33-18-9-8-17-12-28(23(31)20(17)11-18)13-21(27-24(32)26-14-29)16-6-4-15(5-7-16)19-3-2-10-25-22(19)30/h2-11,14,21H,12-13H2,1H3,(H,25,30)(H2,26,27,29,32)/t21-/m0/s1. The summed E-state index contributed by atoms with van der Waals surface area (Å²) in [5.41, 5.74) is 3.49. The summed E-state index contributed by atoms with van der Waals surface area (Å²) in [5.74, 6) is 0.350. The number of imide groups is 1. The fourth-order valence-corrected chi connectivity index (χ4v) is 3.84. The summed E-state index contributed by atoms with van der Waals surface area (Å²) in [6, 6.07) is 14.8. The van der Waals surface area contributed by atoms with Gasteiger partial charge < -0.3 is 20.1 Å². The van der Waals surface area contributed by atoms with Crippen LogP contribution in [0.3, 0.4) is 0 Å². The molecule has 0 fully saturated rings. The van der Waals surface area contributed by atoms with E-state index in [2.05, 4.69) is 15.6 Å². The minimum absolute atomic E-state index is 0.0823. The van der Waals surface area contributed by atoms with E-state index in [-0.39, 0.29) is 18.3 Å². The maximum atomic E-state index is 13.0. The van der Waals surface area contributed by atoms with Crippen LogP contribution in [0.2, 0.25) is 0 Å². The molecular formula is C24H22N4O5. The van der Waals surface area contributed by atoms with Gasteiger partial charge in [0.25, 0.3) is 5.91 Å². The number of hydrogen-bond acceptors (Lipinski definition) is 6. The number of ether oxygens (including phenoxy) is 1. The zero-order valence-corrected chi connectivity index (χ0v) is 17.8. The van der Waals surface area contributed by atoms with Gasteiger partial charge in [-0.05, 0) is 41.0 Å². The number of rotatable bonds is 7. The minimum Gasteiger partial charge on any atom is -0.497 e. The molecule has 3 aromatic rings. The number of benzene rings is 2. The Morgan fingerprint density at radius 2 is 2.00 bits per heavy atom. The van der Waals surface area contributed by atoms with Crippen LogP contribution in [-0.4, -0.2) is 47.0 Å². The predicted molar refractivity (Wildman–Crippen MR) is 120 cm³/mol. The highest BCUT2D eigenvalue weighted by Gasteiger charge is 2.30. The van der Waals surface area contributed by atoms with Crippen LogP contribution < -0.4 is 15.4 Å². The van der Waals surface area contributed by atoms with Crippen LogP contribution >= 0.6 is 0 Å². The molecule has 1 atom stereocenters. The number of carbonyl (C=O) groups excluding carboxylic acids is 3. The third-order valence-electron chi connectivity index (χ3n) is 5.50. The minimum atomic E-state index is -0.671. The van der Waals surface area contributed by atoms with Gasteiger partial charge in [0.2, 0.25) is 12.3 Å². The van der Waals surface area contributed by atoms with Gasteiger partial charge in [-0.2, -0.15) is 0 Å². The molecule has 1 aromatic heterocycles. The van der Waals surface area contributed by atoms with Gasteiger partial charge in [0.1, 0.15) is 5.75 Å². The van der Waals surface area contributed by atoms with E-state index < -0.39 is 12.1 Å². The number of amides is 4. The Balaban J connectivity index is 1.58. The van der Waals surface area contributed by atoms with Crippen LogP contribution in [0.5, 0.6) is 11.6 Å². The Bertz CT molecular complexity index is 1200. The molecule has 0 saturated heterocycles. The summed E-state index contributed by atoms with van der Waals surface area (Å²) in [6.07, 6.45) is 1.79.